The summed E-state index contributed by atoms with van der Waals surface area (Å²) in [6.07, 6.45) is 5.82. The normalized spacial score (nSPS) is 16.9. The topological polar surface area (TPSA) is 70.3 Å². The minimum Gasteiger partial charge on any atom is -0.392 e. The van der Waals surface area contributed by atoms with E-state index in [1.165, 1.54) is 22.3 Å². The first-order chi connectivity index (χ1) is 16.7. The van der Waals surface area contributed by atoms with Crippen LogP contribution in [0.1, 0.15) is 28.7 Å². The van der Waals surface area contributed by atoms with Crippen molar-refractivity contribution in [3.8, 4) is 0 Å². The molecule has 1 atom stereocenters. The maximum Gasteiger partial charge on any atom is 0.163 e. The molecule has 7 heteroatoms. The second-order valence-corrected chi connectivity index (χ2v) is 9.44. The van der Waals surface area contributed by atoms with Gasteiger partial charge in [-0.1, -0.05) is 48.5 Å². The molecule has 2 aliphatic heterocycles. The Bertz CT molecular complexity index is 1300. The molecule has 174 valence electrons. The lowest BCUT2D eigenvalue weighted by Gasteiger charge is -2.30. The zero-order chi connectivity index (χ0) is 22.9. The Kier molecular flexibility index (Phi) is 5.73. The van der Waals surface area contributed by atoms with Crippen molar-refractivity contribution in [2.24, 2.45) is 0 Å². The van der Waals surface area contributed by atoms with Crippen LogP contribution in [0.15, 0.2) is 61.1 Å². The minimum absolute atomic E-state index is 0.399. The lowest BCUT2D eigenvalue weighted by Crippen LogP contribution is -2.37. The number of aromatic nitrogens is 4. The predicted molar refractivity (Wildman–Crippen MR) is 133 cm³/mol. The van der Waals surface area contributed by atoms with E-state index in [-0.39, 0.29) is 0 Å². The number of aryl methyl sites for hydroxylation is 1. The molecule has 0 bridgehead atoms. The molecular formula is C27H30N6O. The number of aliphatic hydroxyl groups excluding tert-OH is 1. The molecule has 4 aromatic rings. The van der Waals surface area contributed by atoms with E-state index in [0.29, 0.717) is 19.5 Å². The van der Waals surface area contributed by atoms with Gasteiger partial charge in [-0.3, -0.25) is 4.90 Å². The van der Waals surface area contributed by atoms with Gasteiger partial charge in [0.1, 0.15) is 12.1 Å². The highest BCUT2D eigenvalue weighted by Crippen LogP contribution is 2.28. The van der Waals surface area contributed by atoms with Crippen molar-refractivity contribution in [1.29, 1.82) is 0 Å². The van der Waals surface area contributed by atoms with Crippen molar-refractivity contribution < 1.29 is 5.11 Å². The van der Waals surface area contributed by atoms with E-state index >= 15 is 0 Å². The van der Waals surface area contributed by atoms with Gasteiger partial charge < -0.3 is 10.0 Å². The lowest BCUT2D eigenvalue weighted by atomic mass is 9.99. The average molecular weight is 455 g/mol. The van der Waals surface area contributed by atoms with Gasteiger partial charge in [-0.15, -0.1) is 0 Å². The number of β-amino-alcohol motifs (C(OH)–C–C–N with tert-alkyl or cyclic N) is 1. The number of hydrogen-bond acceptors (Lipinski definition) is 6. The van der Waals surface area contributed by atoms with E-state index in [1.54, 1.807) is 6.33 Å². The third-order valence-electron chi connectivity index (χ3n) is 7.20. The number of rotatable bonds is 6. The van der Waals surface area contributed by atoms with Crippen molar-refractivity contribution in [2.45, 2.75) is 45.0 Å². The molecule has 0 aliphatic carbocycles. The number of fused-ring (bicyclic) bond motifs is 3. The monoisotopic (exact) mass is 454 g/mol. The fourth-order valence-corrected chi connectivity index (χ4v) is 5.34. The van der Waals surface area contributed by atoms with E-state index in [1.807, 2.05) is 10.9 Å². The van der Waals surface area contributed by atoms with Gasteiger partial charge >= 0.3 is 0 Å². The first-order valence-corrected chi connectivity index (χ1v) is 12.2. The summed E-state index contributed by atoms with van der Waals surface area (Å²) in [6, 6.07) is 17.2. The maximum atomic E-state index is 10.7. The predicted octanol–water partition coefficient (Wildman–Crippen LogP) is 3.20. The number of hydrogen-bond donors (Lipinski definition) is 1. The van der Waals surface area contributed by atoms with Gasteiger partial charge in [0.15, 0.2) is 5.65 Å². The fourth-order valence-electron chi connectivity index (χ4n) is 5.34. The first-order valence-electron chi connectivity index (χ1n) is 12.2. The minimum atomic E-state index is -0.399. The van der Waals surface area contributed by atoms with E-state index in [2.05, 4.69) is 73.4 Å². The summed E-state index contributed by atoms with van der Waals surface area (Å²) in [4.78, 5) is 13.8. The van der Waals surface area contributed by atoms with Crippen LogP contribution < -0.4 is 4.90 Å². The highest BCUT2D eigenvalue weighted by molar-refractivity contribution is 5.86. The zero-order valence-corrected chi connectivity index (χ0v) is 19.3. The van der Waals surface area contributed by atoms with Gasteiger partial charge in [-0.2, -0.15) is 5.10 Å². The van der Waals surface area contributed by atoms with Gasteiger partial charge in [-0.25, -0.2) is 14.6 Å². The van der Waals surface area contributed by atoms with E-state index in [9.17, 15) is 5.11 Å². The summed E-state index contributed by atoms with van der Waals surface area (Å²) in [5.41, 5.74) is 6.43. The summed E-state index contributed by atoms with van der Waals surface area (Å²) in [7, 11) is 0. The van der Waals surface area contributed by atoms with Crippen molar-refractivity contribution >= 4 is 16.9 Å². The van der Waals surface area contributed by atoms with E-state index < -0.39 is 6.10 Å². The summed E-state index contributed by atoms with van der Waals surface area (Å²) < 4.78 is 1.91. The molecule has 2 aromatic carbocycles. The molecule has 0 spiro atoms. The highest BCUT2D eigenvalue weighted by atomic mass is 16.3. The van der Waals surface area contributed by atoms with Crippen LogP contribution in [0.25, 0.3) is 11.0 Å². The van der Waals surface area contributed by atoms with Crippen LogP contribution in [0.4, 0.5) is 5.82 Å². The number of benzene rings is 2. The van der Waals surface area contributed by atoms with Crippen LogP contribution >= 0.6 is 0 Å². The molecule has 0 saturated heterocycles. The van der Waals surface area contributed by atoms with Gasteiger partial charge in [0.05, 0.1) is 17.7 Å². The average Bonchev–Trinajstić information content (AvgIpc) is 3.30. The zero-order valence-electron chi connectivity index (χ0n) is 19.3. The molecule has 7 nitrogen and oxygen atoms in total. The fraction of sp³-hybridized carbons (Fsp3) is 0.370. The standard InChI is InChI=1S/C27H30N6O/c34-24(18-31-12-9-20-5-1-3-7-22(20)16-31)11-14-33-27-25(15-30-33)26(28-19-29-27)32-13-10-21-6-2-4-8-23(21)17-32/h1-8,15,19,24,34H,9-14,16-18H2. The first kappa shape index (κ1) is 21.3. The Morgan fingerprint density at radius 1 is 0.853 bits per heavy atom. The number of nitrogens with zero attached hydrogens (tertiary/aromatic N) is 6. The van der Waals surface area contributed by atoms with Crippen LogP contribution in [-0.4, -0.2) is 55.5 Å². The summed E-state index contributed by atoms with van der Waals surface area (Å²) in [5, 5.41) is 16.3. The molecule has 1 N–H and O–H groups in total. The Labute approximate surface area is 199 Å². The molecule has 6 rings (SSSR count). The Morgan fingerprint density at radius 2 is 1.56 bits per heavy atom. The summed E-state index contributed by atoms with van der Waals surface area (Å²) in [5.74, 6) is 0.943. The molecule has 34 heavy (non-hydrogen) atoms. The third kappa shape index (κ3) is 4.17. The SMILES string of the molecule is OC(CCn1ncc2c(N3CCc4ccccc4C3)ncnc21)CN1CCc2ccccc2C1. The van der Waals surface area contributed by atoms with Gasteiger partial charge in [0.25, 0.3) is 0 Å². The Balaban J connectivity index is 1.11. The molecule has 4 heterocycles. The molecule has 0 fully saturated rings. The van der Waals surface area contributed by atoms with Crippen molar-refractivity contribution in [3.63, 3.8) is 0 Å². The maximum absolute atomic E-state index is 10.7. The second kappa shape index (κ2) is 9.16. The molecule has 0 amide bonds. The molecule has 2 aliphatic rings. The van der Waals surface area contributed by atoms with Crippen LogP contribution in [0, 0.1) is 0 Å². The Morgan fingerprint density at radius 3 is 2.35 bits per heavy atom. The Hall–Kier alpha value is -3.29. The molecule has 0 saturated carbocycles. The second-order valence-electron chi connectivity index (χ2n) is 9.44. The molecule has 2 aromatic heterocycles. The van der Waals surface area contributed by atoms with Gasteiger partial charge in [0, 0.05) is 39.3 Å². The smallest absolute Gasteiger partial charge is 0.163 e. The van der Waals surface area contributed by atoms with Crippen molar-refractivity contribution in [1.82, 2.24) is 24.6 Å². The quantitative estimate of drug-likeness (QED) is 0.483. The van der Waals surface area contributed by atoms with Crippen LogP contribution in [-0.2, 0) is 32.5 Å². The van der Waals surface area contributed by atoms with E-state index in [4.69, 9.17) is 0 Å². The van der Waals surface area contributed by atoms with Crippen molar-refractivity contribution in [3.05, 3.63) is 83.3 Å². The molecular weight excluding hydrogens is 424 g/mol. The van der Waals surface area contributed by atoms with Crippen LogP contribution in [0.3, 0.4) is 0 Å². The third-order valence-corrected chi connectivity index (χ3v) is 7.20. The lowest BCUT2D eigenvalue weighted by molar-refractivity contribution is 0.0944. The largest absolute Gasteiger partial charge is 0.392 e. The number of aliphatic hydroxyl groups is 1. The molecule has 1 unspecified atom stereocenters. The highest BCUT2D eigenvalue weighted by Gasteiger charge is 2.22. The van der Waals surface area contributed by atoms with Crippen molar-refractivity contribution in [2.75, 3.05) is 24.5 Å². The van der Waals surface area contributed by atoms with Gasteiger partial charge in [-0.05, 0) is 41.5 Å². The number of anilines is 1. The summed E-state index contributed by atoms with van der Waals surface area (Å²) >= 11 is 0. The summed E-state index contributed by atoms with van der Waals surface area (Å²) in [6.45, 7) is 5.01. The molecule has 0 radical (unpaired) electrons. The van der Waals surface area contributed by atoms with Crippen LogP contribution in [0.5, 0.6) is 0 Å². The van der Waals surface area contributed by atoms with Gasteiger partial charge in [0.2, 0.25) is 0 Å². The van der Waals surface area contributed by atoms with Crippen LogP contribution in [0.2, 0.25) is 0 Å². The van der Waals surface area contributed by atoms with E-state index in [0.717, 1.165) is 55.9 Å².